The molecule has 0 fully saturated rings. The smallest absolute Gasteiger partial charge is 0.122 e. The molecule has 1 atom stereocenters. The number of hydrogen-bond donors (Lipinski definition) is 2. The molecule has 0 aliphatic heterocycles. The third kappa shape index (κ3) is 3.41. The highest BCUT2D eigenvalue weighted by Gasteiger charge is 2.34. The van der Waals surface area contributed by atoms with Gasteiger partial charge in [-0.2, -0.15) is 0 Å². The van der Waals surface area contributed by atoms with E-state index in [2.05, 4.69) is 48.6 Å². The van der Waals surface area contributed by atoms with E-state index in [1.54, 1.807) is 7.11 Å². The van der Waals surface area contributed by atoms with Crippen molar-refractivity contribution in [3.63, 3.8) is 0 Å². The van der Waals surface area contributed by atoms with Crippen LogP contribution in [0.2, 0.25) is 0 Å². The fourth-order valence-corrected chi connectivity index (χ4v) is 3.58. The van der Waals surface area contributed by atoms with E-state index < -0.39 is 0 Å². The number of nitrogens with two attached hydrogens (primary N) is 1. The highest BCUT2D eigenvalue weighted by atomic mass is 16.5. The van der Waals surface area contributed by atoms with Crippen molar-refractivity contribution in [3.05, 3.63) is 64.7 Å². The monoisotopic (exact) mass is 310 g/mol. The van der Waals surface area contributed by atoms with E-state index in [4.69, 9.17) is 10.5 Å². The quantitative estimate of drug-likeness (QED) is 0.892. The van der Waals surface area contributed by atoms with Gasteiger partial charge >= 0.3 is 0 Å². The van der Waals surface area contributed by atoms with Crippen LogP contribution < -0.4 is 15.8 Å². The van der Waals surface area contributed by atoms with Gasteiger partial charge in [-0.25, -0.2) is 0 Å². The van der Waals surface area contributed by atoms with Crippen molar-refractivity contribution < 1.29 is 4.74 Å². The molecule has 0 heterocycles. The maximum absolute atomic E-state index is 6.17. The van der Waals surface area contributed by atoms with Gasteiger partial charge in [-0.1, -0.05) is 36.4 Å². The van der Waals surface area contributed by atoms with Crippen molar-refractivity contribution in [2.45, 2.75) is 38.3 Å². The summed E-state index contributed by atoms with van der Waals surface area (Å²) in [7, 11) is 1.76. The standard InChI is InChI=1S/C20H26N2O/c1-15-10-17-12-20(14-21,9-8-18(17)19(11-15)23-2)22-13-16-6-4-3-5-7-16/h3-7,10-11,22H,8-9,12-14,21H2,1-2H3. The Hall–Kier alpha value is -1.84. The topological polar surface area (TPSA) is 47.3 Å². The molecule has 0 aromatic heterocycles. The molecule has 0 saturated carbocycles. The van der Waals surface area contributed by atoms with Crippen LogP contribution in [0, 0.1) is 6.92 Å². The lowest BCUT2D eigenvalue weighted by atomic mass is 9.77. The number of aryl methyl sites for hydroxylation is 1. The Balaban J connectivity index is 1.81. The molecule has 1 aliphatic carbocycles. The predicted octanol–water partition coefficient (Wildman–Crippen LogP) is 2.98. The van der Waals surface area contributed by atoms with Gasteiger partial charge < -0.3 is 15.8 Å². The first-order valence-electron chi connectivity index (χ1n) is 8.31. The molecule has 122 valence electrons. The molecule has 1 aliphatic rings. The lowest BCUT2D eigenvalue weighted by Gasteiger charge is -2.39. The summed E-state index contributed by atoms with van der Waals surface area (Å²) < 4.78 is 5.57. The summed E-state index contributed by atoms with van der Waals surface area (Å²) in [6.07, 6.45) is 3.02. The second-order valence-electron chi connectivity index (χ2n) is 6.61. The highest BCUT2D eigenvalue weighted by molar-refractivity contribution is 5.46. The van der Waals surface area contributed by atoms with Crippen molar-refractivity contribution in [2.24, 2.45) is 5.73 Å². The number of fused-ring (bicyclic) bond motifs is 1. The second-order valence-corrected chi connectivity index (χ2v) is 6.61. The van der Waals surface area contributed by atoms with Crippen LogP contribution in [0.3, 0.4) is 0 Å². The Morgan fingerprint density at radius 1 is 1.22 bits per heavy atom. The average molecular weight is 310 g/mol. The van der Waals surface area contributed by atoms with E-state index in [1.807, 2.05) is 6.07 Å². The summed E-state index contributed by atoms with van der Waals surface area (Å²) in [5, 5.41) is 3.73. The lowest BCUT2D eigenvalue weighted by Crippen LogP contribution is -2.54. The van der Waals surface area contributed by atoms with Crippen LogP contribution in [0.15, 0.2) is 42.5 Å². The van der Waals surface area contributed by atoms with Gasteiger partial charge in [0, 0.05) is 18.6 Å². The third-order valence-electron chi connectivity index (χ3n) is 4.95. The van der Waals surface area contributed by atoms with Crippen LogP contribution in [0.4, 0.5) is 0 Å². The molecule has 23 heavy (non-hydrogen) atoms. The third-order valence-corrected chi connectivity index (χ3v) is 4.95. The van der Waals surface area contributed by atoms with Crippen molar-refractivity contribution in [2.75, 3.05) is 13.7 Å². The van der Waals surface area contributed by atoms with Gasteiger partial charge in [0.1, 0.15) is 5.75 Å². The van der Waals surface area contributed by atoms with E-state index in [-0.39, 0.29) is 5.54 Å². The molecule has 3 N–H and O–H groups in total. The Morgan fingerprint density at radius 3 is 2.70 bits per heavy atom. The van der Waals surface area contributed by atoms with Crippen LogP contribution in [0.1, 0.15) is 28.7 Å². The molecule has 0 radical (unpaired) electrons. The molecular formula is C20H26N2O. The van der Waals surface area contributed by atoms with Crippen LogP contribution in [0.25, 0.3) is 0 Å². The van der Waals surface area contributed by atoms with Crippen LogP contribution in [-0.4, -0.2) is 19.2 Å². The van der Waals surface area contributed by atoms with Crippen molar-refractivity contribution >= 4 is 0 Å². The number of benzene rings is 2. The van der Waals surface area contributed by atoms with Crippen LogP contribution in [0.5, 0.6) is 5.75 Å². The van der Waals surface area contributed by atoms with E-state index >= 15 is 0 Å². The fourth-order valence-electron chi connectivity index (χ4n) is 3.58. The molecule has 3 heteroatoms. The van der Waals surface area contributed by atoms with Gasteiger partial charge in [0.05, 0.1) is 7.11 Å². The number of ether oxygens (including phenoxy) is 1. The van der Waals surface area contributed by atoms with E-state index in [9.17, 15) is 0 Å². The minimum absolute atomic E-state index is 0.0261. The zero-order valence-corrected chi connectivity index (χ0v) is 14.1. The number of hydrogen-bond acceptors (Lipinski definition) is 3. The number of methoxy groups -OCH3 is 1. The second kappa shape index (κ2) is 6.73. The average Bonchev–Trinajstić information content (AvgIpc) is 2.59. The molecule has 2 aromatic rings. The van der Waals surface area contributed by atoms with E-state index in [0.717, 1.165) is 31.6 Å². The first-order valence-corrected chi connectivity index (χ1v) is 8.31. The Kier molecular flexibility index (Phi) is 4.69. The van der Waals surface area contributed by atoms with Crippen molar-refractivity contribution in [1.29, 1.82) is 0 Å². The van der Waals surface area contributed by atoms with Crippen molar-refractivity contribution in [1.82, 2.24) is 5.32 Å². The molecule has 0 spiro atoms. The van der Waals surface area contributed by atoms with Gasteiger partial charge in [-0.3, -0.25) is 0 Å². The maximum atomic E-state index is 6.17. The molecular weight excluding hydrogens is 284 g/mol. The number of rotatable bonds is 5. The van der Waals surface area contributed by atoms with Gasteiger partial charge in [0.15, 0.2) is 0 Å². The summed E-state index contributed by atoms with van der Waals surface area (Å²) in [6.45, 7) is 3.63. The SMILES string of the molecule is COc1cc(C)cc2c1CCC(CN)(NCc1ccccc1)C2. The highest BCUT2D eigenvalue weighted by Crippen LogP contribution is 2.35. The minimum atomic E-state index is -0.0261. The summed E-state index contributed by atoms with van der Waals surface area (Å²) in [5.41, 5.74) is 11.4. The largest absolute Gasteiger partial charge is 0.496 e. The predicted molar refractivity (Wildman–Crippen MR) is 94.8 cm³/mol. The van der Waals surface area contributed by atoms with Gasteiger partial charge in [0.25, 0.3) is 0 Å². The molecule has 3 rings (SSSR count). The Morgan fingerprint density at radius 2 is 2.00 bits per heavy atom. The zero-order valence-electron chi connectivity index (χ0n) is 14.1. The Bertz CT molecular complexity index is 669. The molecule has 3 nitrogen and oxygen atoms in total. The molecule has 0 amide bonds. The van der Waals surface area contributed by atoms with Crippen molar-refractivity contribution in [3.8, 4) is 5.75 Å². The molecule has 0 saturated heterocycles. The van der Waals surface area contributed by atoms with Gasteiger partial charge in [-0.15, -0.1) is 0 Å². The van der Waals surface area contributed by atoms with E-state index in [1.165, 1.54) is 22.3 Å². The molecule has 2 aromatic carbocycles. The molecule has 1 unspecified atom stereocenters. The van der Waals surface area contributed by atoms with Gasteiger partial charge in [0.2, 0.25) is 0 Å². The molecule has 0 bridgehead atoms. The summed E-state index contributed by atoms with van der Waals surface area (Å²) in [4.78, 5) is 0. The minimum Gasteiger partial charge on any atom is -0.496 e. The van der Waals surface area contributed by atoms with E-state index in [0.29, 0.717) is 6.54 Å². The summed E-state index contributed by atoms with van der Waals surface area (Å²) >= 11 is 0. The zero-order chi connectivity index (χ0) is 16.3. The normalized spacial score (nSPS) is 20.1. The Labute approximate surface area is 138 Å². The summed E-state index contributed by atoms with van der Waals surface area (Å²) in [6, 6.07) is 14.9. The first-order chi connectivity index (χ1) is 11.2. The maximum Gasteiger partial charge on any atom is 0.122 e. The van der Waals surface area contributed by atoms with Crippen LogP contribution >= 0.6 is 0 Å². The van der Waals surface area contributed by atoms with Gasteiger partial charge in [-0.05, 0) is 54.5 Å². The number of nitrogens with one attached hydrogen (secondary N) is 1. The van der Waals surface area contributed by atoms with Crippen LogP contribution in [-0.2, 0) is 19.4 Å². The summed E-state index contributed by atoms with van der Waals surface area (Å²) in [5.74, 6) is 1.02. The lowest BCUT2D eigenvalue weighted by molar-refractivity contribution is 0.287. The first kappa shape index (κ1) is 16.0. The fraction of sp³-hybridized carbons (Fsp3) is 0.400.